The van der Waals surface area contributed by atoms with Crippen LogP contribution in [0.2, 0.25) is 0 Å². The van der Waals surface area contributed by atoms with Crippen molar-refractivity contribution in [3.8, 4) is 0 Å². The second-order valence-corrected chi connectivity index (χ2v) is 7.04. The fourth-order valence-electron chi connectivity index (χ4n) is 3.42. The first-order chi connectivity index (χ1) is 13.0. The van der Waals surface area contributed by atoms with Gasteiger partial charge in [-0.05, 0) is 12.5 Å². The zero-order valence-corrected chi connectivity index (χ0v) is 16.0. The molecule has 3 aromatic rings. The Kier molecular flexibility index (Phi) is 4.51. The van der Waals surface area contributed by atoms with Crippen LogP contribution in [0, 0.1) is 6.92 Å². The fourth-order valence-corrected chi connectivity index (χ4v) is 3.42. The number of amides is 1. The van der Waals surface area contributed by atoms with E-state index in [1.807, 2.05) is 18.9 Å². The van der Waals surface area contributed by atoms with Gasteiger partial charge in [0.1, 0.15) is 11.6 Å². The highest BCUT2D eigenvalue weighted by atomic mass is 16.2. The molecule has 0 bridgehead atoms. The van der Waals surface area contributed by atoms with Crippen molar-refractivity contribution in [1.82, 2.24) is 24.6 Å². The number of aromatic nitrogens is 4. The molecule has 7 nitrogen and oxygen atoms in total. The van der Waals surface area contributed by atoms with E-state index in [1.54, 1.807) is 10.9 Å². The molecule has 140 valence electrons. The van der Waals surface area contributed by atoms with E-state index in [2.05, 4.69) is 46.2 Å². The largest absolute Gasteiger partial charge is 0.345 e. The van der Waals surface area contributed by atoms with E-state index in [4.69, 9.17) is 4.98 Å². The minimum atomic E-state index is 0.121. The van der Waals surface area contributed by atoms with Crippen LogP contribution in [0.15, 0.2) is 30.5 Å². The summed E-state index contributed by atoms with van der Waals surface area (Å²) >= 11 is 0. The number of nitrogens with zero attached hydrogens (tertiary/aromatic N) is 6. The molecule has 1 amide bonds. The summed E-state index contributed by atoms with van der Waals surface area (Å²) in [6.07, 6.45) is 2.53. The summed E-state index contributed by atoms with van der Waals surface area (Å²) in [6, 6.07) is 8.35. The van der Waals surface area contributed by atoms with Crippen molar-refractivity contribution in [3.05, 3.63) is 47.4 Å². The summed E-state index contributed by atoms with van der Waals surface area (Å²) < 4.78 is 1.76. The lowest BCUT2D eigenvalue weighted by atomic mass is 10.1. The molecular weight excluding hydrogens is 340 g/mol. The molecule has 7 heteroatoms. The third-order valence-corrected chi connectivity index (χ3v) is 5.05. The summed E-state index contributed by atoms with van der Waals surface area (Å²) in [7, 11) is 1.88. The van der Waals surface area contributed by atoms with Crippen LogP contribution in [0.3, 0.4) is 0 Å². The Hall–Kier alpha value is -2.96. The molecule has 27 heavy (non-hydrogen) atoms. The summed E-state index contributed by atoms with van der Waals surface area (Å²) in [4.78, 5) is 26.0. The smallest absolute Gasteiger partial charge is 0.242 e. The standard InChI is InChI=1S/C20H24N6O/c1-4-17-22-19-16(11-21-24(19)3)20(23-17)26-10-9-25(18(27)13-26)12-15-7-5-14(2)6-8-15/h5-8,11H,4,9-10,12-13H2,1-3H3. The zero-order chi connectivity index (χ0) is 19.0. The monoisotopic (exact) mass is 364 g/mol. The van der Waals surface area contributed by atoms with Gasteiger partial charge in [-0.15, -0.1) is 0 Å². The van der Waals surface area contributed by atoms with Gasteiger partial charge in [0.15, 0.2) is 5.65 Å². The van der Waals surface area contributed by atoms with Gasteiger partial charge in [0.05, 0.1) is 18.1 Å². The van der Waals surface area contributed by atoms with Gasteiger partial charge in [0.2, 0.25) is 5.91 Å². The van der Waals surface area contributed by atoms with Crippen molar-refractivity contribution in [2.45, 2.75) is 26.8 Å². The number of fused-ring (bicyclic) bond motifs is 1. The second kappa shape index (κ2) is 6.98. The van der Waals surface area contributed by atoms with Crippen LogP contribution in [0.5, 0.6) is 0 Å². The van der Waals surface area contributed by atoms with E-state index in [0.717, 1.165) is 41.2 Å². The first-order valence-corrected chi connectivity index (χ1v) is 9.32. The van der Waals surface area contributed by atoms with E-state index in [1.165, 1.54) is 5.56 Å². The topological polar surface area (TPSA) is 67.2 Å². The van der Waals surface area contributed by atoms with Gasteiger partial charge in [-0.2, -0.15) is 5.10 Å². The van der Waals surface area contributed by atoms with Crippen molar-refractivity contribution in [2.75, 3.05) is 24.5 Å². The molecule has 0 aliphatic carbocycles. The number of carbonyl (C=O) groups is 1. The summed E-state index contributed by atoms with van der Waals surface area (Å²) in [5.74, 6) is 1.71. The van der Waals surface area contributed by atoms with E-state index in [9.17, 15) is 4.79 Å². The Morgan fingerprint density at radius 1 is 1.11 bits per heavy atom. The Bertz CT molecular complexity index is 978. The molecule has 0 unspecified atom stereocenters. The molecule has 1 aliphatic rings. The van der Waals surface area contributed by atoms with Gasteiger partial charge < -0.3 is 9.80 Å². The van der Waals surface area contributed by atoms with Crippen LogP contribution in [-0.2, 0) is 24.8 Å². The van der Waals surface area contributed by atoms with Crippen LogP contribution in [0.4, 0.5) is 5.82 Å². The number of hydrogen-bond donors (Lipinski definition) is 0. The highest BCUT2D eigenvalue weighted by Gasteiger charge is 2.27. The molecule has 0 N–H and O–H groups in total. The van der Waals surface area contributed by atoms with Crippen molar-refractivity contribution in [3.63, 3.8) is 0 Å². The van der Waals surface area contributed by atoms with Gasteiger partial charge in [-0.1, -0.05) is 36.8 Å². The molecule has 1 aliphatic heterocycles. The number of carbonyl (C=O) groups excluding carboxylic acids is 1. The first-order valence-electron chi connectivity index (χ1n) is 9.32. The molecule has 1 aromatic carbocycles. The SMILES string of the molecule is CCc1nc(N2CCN(Cc3ccc(C)cc3)C(=O)C2)c2cnn(C)c2n1. The Morgan fingerprint density at radius 2 is 1.89 bits per heavy atom. The van der Waals surface area contributed by atoms with Crippen molar-refractivity contribution in [1.29, 1.82) is 0 Å². The number of anilines is 1. The maximum absolute atomic E-state index is 12.8. The lowest BCUT2D eigenvalue weighted by molar-refractivity contribution is -0.131. The Balaban J connectivity index is 1.55. The highest BCUT2D eigenvalue weighted by Crippen LogP contribution is 2.25. The summed E-state index contributed by atoms with van der Waals surface area (Å²) in [6.45, 7) is 6.52. The third-order valence-electron chi connectivity index (χ3n) is 5.05. The van der Waals surface area contributed by atoms with Crippen LogP contribution in [-0.4, -0.2) is 50.2 Å². The van der Waals surface area contributed by atoms with Crippen molar-refractivity contribution in [2.24, 2.45) is 7.05 Å². The molecule has 3 heterocycles. The summed E-state index contributed by atoms with van der Waals surface area (Å²) in [5.41, 5.74) is 3.20. The Labute approximate surface area is 158 Å². The zero-order valence-electron chi connectivity index (χ0n) is 16.0. The van der Waals surface area contributed by atoms with Gasteiger partial charge >= 0.3 is 0 Å². The first kappa shape index (κ1) is 17.5. The van der Waals surface area contributed by atoms with Gasteiger partial charge in [0.25, 0.3) is 0 Å². The predicted octanol–water partition coefficient (Wildman–Crippen LogP) is 2.08. The van der Waals surface area contributed by atoms with Crippen LogP contribution in [0.1, 0.15) is 23.9 Å². The van der Waals surface area contributed by atoms with E-state index in [-0.39, 0.29) is 5.91 Å². The van der Waals surface area contributed by atoms with Gasteiger partial charge in [-0.3, -0.25) is 9.48 Å². The second-order valence-electron chi connectivity index (χ2n) is 7.04. The number of hydrogen-bond acceptors (Lipinski definition) is 5. The third kappa shape index (κ3) is 3.37. The Morgan fingerprint density at radius 3 is 2.59 bits per heavy atom. The molecule has 1 fully saturated rings. The number of rotatable bonds is 4. The fraction of sp³-hybridized carbons (Fsp3) is 0.400. The lowest BCUT2D eigenvalue weighted by Crippen LogP contribution is -2.50. The minimum Gasteiger partial charge on any atom is -0.345 e. The molecular formula is C20H24N6O. The van der Waals surface area contributed by atoms with Crippen molar-refractivity contribution >= 4 is 22.8 Å². The van der Waals surface area contributed by atoms with Crippen LogP contribution < -0.4 is 4.90 Å². The number of piperazine rings is 1. The number of benzene rings is 1. The number of aryl methyl sites for hydroxylation is 3. The molecule has 0 saturated carbocycles. The minimum absolute atomic E-state index is 0.121. The average Bonchev–Trinajstić information content (AvgIpc) is 3.05. The normalized spacial score (nSPS) is 15.0. The maximum Gasteiger partial charge on any atom is 0.242 e. The van der Waals surface area contributed by atoms with E-state index < -0.39 is 0 Å². The van der Waals surface area contributed by atoms with Crippen LogP contribution >= 0.6 is 0 Å². The van der Waals surface area contributed by atoms with Crippen LogP contribution in [0.25, 0.3) is 11.0 Å². The average molecular weight is 364 g/mol. The van der Waals surface area contributed by atoms with E-state index >= 15 is 0 Å². The molecule has 0 spiro atoms. The molecule has 4 rings (SSSR count). The summed E-state index contributed by atoms with van der Waals surface area (Å²) in [5, 5.41) is 5.21. The quantitative estimate of drug-likeness (QED) is 0.709. The van der Waals surface area contributed by atoms with Gasteiger partial charge in [-0.25, -0.2) is 9.97 Å². The van der Waals surface area contributed by atoms with Gasteiger partial charge in [0, 0.05) is 33.1 Å². The molecule has 2 aromatic heterocycles. The molecule has 0 atom stereocenters. The lowest BCUT2D eigenvalue weighted by Gasteiger charge is -2.35. The van der Waals surface area contributed by atoms with Crippen molar-refractivity contribution < 1.29 is 4.79 Å². The maximum atomic E-state index is 12.8. The highest BCUT2D eigenvalue weighted by molar-refractivity contribution is 5.90. The van der Waals surface area contributed by atoms with E-state index in [0.29, 0.717) is 19.6 Å². The molecule has 0 radical (unpaired) electrons. The molecule has 1 saturated heterocycles. The predicted molar refractivity (Wildman–Crippen MR) is 104 cm³/mol.